The first kappa shape index (κ1) is 15.7. The summed E-state index contributed by atoms with van der Waals surface area (Å²) in [5, 5.41) is 9.37. The minimum absolute atomic E-state index is 0.192. The third-order valence-corrected chi connectivity index (χ3v) is 6.34. The Hall–Kier alpha value is -0.720. The van der Waals surface area contributed by atoms with Gasteiger partial charge in [-0.2, -0.15) is 11.8 Å². The maximum Gasteiger partial charge on any atom is 0.153 e. The molecule has 4 nitrogen and oxygen atoms in total. The zero-order valence-corrected chi connectivity index (χ0v) is 13.3. The molecule has 1 heterocycles. The monoisotopic (exact) mass is 315 g/mol. The number of hydrogen-bond donors (Lipinski definition) is 1. The lowest BCUT2D eigenvalue weighted by molar-refractivity contribution is 0.287. The van der Waals surface area contributed by atoms with Gasteiger partial charge >= 0.3 is 0 Å². The molecule has 0 radical (unpaired) electrons. The van der Waals surface area contributed by atoms with Crippen LogP contribution in [0.1, 0.15) is 17.2 Å². The Bertz CT molecular complexity index is 514. The van der Waals surface area contributed by atoms with Crippen LogP contribution >= 0.6 is 11.8 Å². The molecule has 112 valence electrons. The highest BCUT2D eigenvalue weighted by atomic mass is 32.2. The number of thioether (sulfide) groups is 1. The Morgan fingerprint density at radius 1 is 1.25 bits per heavy atom. The van der Waals surface area contributed by atoms with Crippen LogP contribution in [0.5, 0.6) is 0 Å². The largest absolute Gasteiger partial charge is 0.396 e. The van der Waals surface area contributed by atoms with E-state index in [0.29, 0.717) is 18.3 Å². The SMILES string of the molecule is CSC(CCO)c1ccc(N2CCS(=O)(=O)CC2)cc1. The van der Waals surface area contributed by atoms with Crippen molar-refractivity contribution in [2.45, 2.75) is 11.7 Å². The van der Waals surface area contributed by atoms with Gasteiger partial charge in [0.1, 0.15) is 0 Å². The van der Waals surface area contributed by atoms with E-state index in [0.717, 1.165) is 12.1 Å². The highest BCUT2D eigenvalue weighted by molar-refractivity contribution is 7.98. The first-order chi connectivity index (χ1) is 9.55. The molecule has 1 aliphatic heterocycles. The molecule has 0 aliphatic carbocycles. The van der Waals surface area contributed by atoms with E-state index < -0.39 is 9.84 Å². The molecule has 1 N–H and O–H groups in total. The van der Waals surface area contributed by atoms with Crippen LogP contribution < -0.4 is 4.90 Å². The van der Waals surface area contributed by atoms with Gasteiger partial charge in [0.25, 0.3) is 0 Å². The van der Waals surface area contributed by atoms with E-state index in [2.05, 4.69) is 17.0 Å². The highest BCUT2D eigenvalue weighted by Crippen LogP contribution is 2.31. The summed E-state index contributed by atoms with van der Waals surface area (Å²) in [6.07, 6.45) is 2.80. The van der Waals surface area contributed by atoms with Crippen LogP contribution in [0.15, 0.2) is 24.3 Å². The van der Waals surface area contributed by atoms with Gasteiger partial charge in [0, 0.05) is 30.6 Å². The topological polar surface area (TPSA) is 57.6 Å². The van der Waals surface area contributed by atoms with Crippen molar-refractivity contribution < 1.29 is 13.5 Å². The Morgan fingerprint density at radius 3 is 2.35 bits per heavy atom. The molecule has 1 fully saturated rings. The Morgan fingerprint density at radius 2 is 1.85 bits per heavy atom. The first-order valence-electron chi connectivity index (χ1n) is 6.75. The molecule has 0 amide bonds. The molecule has 1 aromatic carbocycles. The molecule has 1 atom stereocenters. The summed E-state index contributed by atoms with van der Waals surface area (Å²) in [4.78, 5) is 2.12. The van der Waals surface area contributed by atoms with Crippen molar-refractivity contribution in [3.8, 4) is 0 Å². The summed E-state index contributed by atoms with van der Waals surface area (Å²) in [7, 11) is -2.83. The molecule has 1 saturated heterocycles. The number of hydrogen-bond acceptors (Lipinski definition) is 5. The number of aliphatic hydroxyl groups is 1. The maximum absolute atomic E-state index is 11.4. The summed E-state index contributed by atoms with van der Waals surface area (Å²) in [5.74, 6) is 0.486. The van der Waals surface area contributed by atoms with Crippen molar-refractivity contribution in [1.29, 1.82) is 0 Å². The van der Waals surface area contributed by atoms with E-state index in [9.17, 15) is 8.42 Å². The van der Waals surface area contributed by atoms with E-state index in [1.807, 2.05) is 18.4 Å². The van der Waals surface area contributed by atoms with Crippen LogP contribution in [0.4, 0.5) is 5.69 Å². The van der Waals surface area contributed by atoms with Crippen LogP contribution in [0.25, 0.3) is 0 Å². The van der Waals surface area contributed by atoms with Crippen molar-refractivity contribution in [3.05, 3.63) is 29.8 Å². The Balaban J connectivity index is 2.05. The van der Waals surface area contributed by atoms with Crippen molar-refractivity contribution in [1.82, 2.24) is 0 Å². The Labute approximate surface area is 125 Å². The third-order valence-electron chi connectivity index (χ3n) is 3.65. The standard InChI is InChI=1S/C14H21NO3S2/c1-19-14(6-9-16)12-2-4-13(5-3-12)15-7-10-20(17,18)11-8-15/h2-5,14,16H,6-11H2,1H3. The van der Waals surface area contributed by atoms with Gasteiger partial charge in [-0.25, -0.2) is 8.42 Å². The molecule has 1 unspecified atom stereocenters. The van der Waals surface area contributed by atoms with E-state index in [4.69, 9.17) is 5.11 Å². The normalized spacial score (nSPS) is 19.8. The molecular weight excluding hydrogens is 294 g/mol. The van der Waals surface area contributed by atoms with Gasteiger partial charge in [-0.05, 0) is 30.4 Å². The van der Waals surface area contributed by atoms with E-state index in [1.54, 1.807) is 11.8 Å². The third kappa shape index (κ3) is 3.90. The lowest BCUT2D eigenvalue weighted by atomic mass is 10.1. The molecule has 0 aromatic heterocycles. The highest BCUT2D eigenvalue weighted by Gasteiger charge is 2.21. The minimum atomic E-state index is -2.83. The predicted molar refractivity (Wildman–Crippen MR) is 85.3 cm³/mol. The lowest BCUT2D eigenvalue weighted by Crippen LogP contribution is -2.40. The summed E-state index contributed by atoms with van der Waals surface area (Å²) in [6.45, 7) is 1.34. The fraction of sp³-hybridized carbons (Fsp3) is 0.571. The molecule has 1 aromatic rings. The fourth-order valence-electron chi connectivity index (χ4n) is 2.41. The first-order valence-corrected chi connectivity index (χ1v) is 9.85. The lowest BCUT2D eigenvalue weighted by Gasteiger charge is -2.29. The van der Waals surface area contributed by atoms with E-state index >= 15 is 0 Å². The minimum Gasteiger partial charge on any atom is -0.396 e. The average Bonchev–Trinajstić information content (AvgIpc) is 2.45. The van der Waals surface area contributed by atoms with E-state index in [-0.39, 0.29) is 18.1 Å². The molecule has 6 heteroatoms. The zero-order valence-electron chi connectivity index (χ0n) is 11.7. The summed E-state index contributed by atoms with van der Waals surface area (Å²) >= 11 is 1.74. The fourth-order valence-corrected chi connectivity index (χ4v) is 4.38. The number of sulfone groups is 1. The smallest absolute Gasteiger partial charge is 0.153 e. The van der Waals surface area contributed by atoms with E-state index in [1.165, 1.54) is 5.56 Å². The quantitative estimate of drug-likeness (QED) is 0.896. The van der Waals surface area contributed by atoms with Crippen LogP contribution in [0, 0.1) is 0 Å². The maximum atomic E-state index is 11.4. The second kappa shape index (κ2) is 6.83. The number of nitrogens with zero attached hydrogens (tertiary/aromatic N) is 1. The number of anilines is 1. The van der Waals surface area contributed by atoms with Gasteiger partial charge in [-0.15, -0.1) is 0 Å². The van der Waals surface area contributed by atoms with Crippen LogP contribution in [-0.2, 0) is 9.84 Å². The summed E-state index contributed by atoms with van der Waals surface area (Å²) in [5.41, 5.74) is 2.28. The number of aliphatic hydroxyl groups excluding tert-OH is 1. The molecule has 2 rings (SSSR count). The van der Waals surface area contributed by atoms with Gasteiger partial charge in [-0.1, -0.05) is 12.1 Å². The second-order valence-corrected chi connectivity index (χ2v) is 8.31. The van der Waals surface area contributed by atoms with Gasteiger partial charge < -0.3 is 10.0 Å². The second-order valence-electron chi connectivity index (χ2n) is 4.97. The van der Waals surface area contributed by atoms with Gasteiger partial charge in [0.2, 0.25) is 0 Å². The van der Waals surface area contributed by atoms with Crippen molar-refractivity contribution >= 4 is 27.3 Å². The van der Waals surface area contributed by atoms with Crippen molar-refractivity contribution in [3.63, 3.8) is 0 Å². The van der Waals surface area contributed by atoms with Crippen molar-refractivity contribution in [2.24, 2.45) is 0 Å². The van der Waals surface area contributed by atoms with Gasteiger partial charge in [0.15, 0.2) is 9.84 Å². The van der Waals surface area contributed by atoms with Gasteiger partial charge in [0.05, 0.1) is 11.5 Å². The zero-order chi connectivity index (χ0) is 14.6. The average molecular weight is 315 g/mol. The Kier molecular flexibility index (Phi) is 5.35. The van der Waals surface area contributed by atoms with Crippen molar-refractivity contribution in [2.75, 3.05) is 42.4 Å². The predicted octanol–water partition coefficient (Wildman–Crippen LogP) is 1.71. The summed E-state index contributed by atoms with van der Waals surface area (Å²) < 4.78 is 22.9. The molecule has 1 aliphatic rings. The molecule has 20 heavy (non-hydrogen) atoms. The number of rotatable bonds is 5. The van der Waals surface area contributed by atoms with Crippen LogP contribution in [0.2, 0.25) is 0 Å². The van der Waals surface area contributed by atoms with Crippen LogP contribution in [-0.4, -0.2) is 51.0 Å². The molecule has 0 spiro atoms. The van der Waals surface area contributed by atoms with Crippen LogP contribution in [0.3, 0.4) is 0 Å². The number of benzene rings is 1. The summed E-state index contributed by atoms with van der Waals surface area (Å²) in [6, 6.07) is 8.26. The van der Waals surface area contributed by atoms with Gasteiger partial charge in [-0.3, -0.25) is 0 Å². The molecule has 0 bridgehead atoms. The molecule has 0 saturated carbocycles. The molecular formula is C14H21NO3S2.